The predicted molar refractivity (Wildman–Crippen MR) is 75.0 cm³/mol. The van der Waals surface area contributed by atoms with E-state index in [1.165, 1.54) is 6.07 Å². The Morgan fingerprint density at radius 1 is 1.26 bits per heavy atom. The van der Waals surface area contributed by atoms with Gasteiger partial charge in [0.15, 0.2) is 0 Å². The summed E-state index contributed by atoms with van der Waals surface area (Å²) in [5.41, 5.74) is 6.43. The van der Waals surface area contributed by atoms with Crippen molar-refractivity contribution in [1.82, 2.24) is 5.32 Å². The summed E-state index contributed by atoms with van der Waals surface area (Å²) in [5, 5.41) is 3.21. The number of rotatable bonds is 2. The maximum atomic E-state index is 12.0. The zero-order valence-corrected chi connectivity index (χ0v) is 11.8. The van der Waals surface area contributed by atoms with Gasteiger partial charge in [0, 0.05) is 22.3 Å². The number of nitrogen functional groups attached to an aromatic ring is 1. The van der Waals surface area contributed by atoms with Crippen LogP contribution in [0.3, 0.4) is 0 Å². The van der Waals surface area contributed by atoms with Gasteiger partial charge in [0.1, 0.15) is 9.84 Å². The molecule has 1 aliphatic rings. The number of carbonyl (C=O) groups is 1. The lowest BCUT2D eigenvalue weighted by atomic mass is 10.1. The van der Waals surface area contributed by atoms with Crippen molar-refractivity contribution in [3.8, 4) is 0 Å². The van der Waals surface area contributed by atoms with Gasteiger partial charge in [0.05, 0.1) is 11.5 Å². The molecule has 0 aliphatic carbocycles. The van der Waals surface area contributed by atoms with Crippen molar-refractivity contribution in [2.45, 2.75) is 18.9 Å². The van der Waals surface area contributed by atoms with Gasteiger partial charge in [-0.05, 0) is 31.0 Å². The van der Waals surface area contributed by atoms with Crippen LogP contribution in [0.1, 0.15) is 23.2 Å². The van der Waals surface area contributed by atoms with Crippen LogP contribution < -0.4 is 11.1 Å². The first-order valence-corrected chi connectivity index (χ1v) is 8.13. The third-order valence-electron chi connectivity index (χ3n) is 3.07. The molecule has 2 rings (SSSR count). The molecule has 7 heteroatoms. The van der Waals surface area contributed by atoms with Crippen molar-refractivity contribution in [3.63, 3.8) is 0 Å². The second-order valence-corrected chi connectivity index (χ2v) is 7.41. The lowest BCUT2D eigenvalue weighted by Crippen LogP contribution is -2.40. The summed E-state index contributed by atoms with van der Waals surface area (Å²) in [6, 6.07) is 4.52. The topological polar surface area (TPSA) is 89.3 Å². The predicted octanol–water partition coefficient (Wildman–Crippen LogP) is 1.23. The number of halogens is 1. The molecule has 1 saturated heterocycles. The van der Waals surface area contributed by atoms with Crippen LogP contribution in [0.15, 0.2) is 18.2 Å². The number of nitrogens with two attached hydrogens (primary N) is 1. The maximum absolute atomic E-state index is 12.0. The molecule has 104 valence electrons. The highest BCUT2D eigenvalue weighted by molar-refractivity contribution is 7.91. The summed E-state index contributed by atoms with van der Waals surface area (Å²) in [7, 11) is -2.92. The van der Waals surface area contributed by atoms with Gasteiger partial charge in [-0.2, -0.15) is 0 Å². The first-order valence-electron chi connectivity index (χ1n) is 5.93. The van der Waals surface area contributed by atoms with E-state index >= 15 is 0 Å². The SMILES string of the molecule is Nc1cc(Cl)cc(C(=O)NC2CCS(=O)(=O)CC2)c1. The second-order valence-electron chi connectivity index (χ2n) is 4.67. The minimum absolute atomic E-state index is 0.115. The number of nitrogens with one attached hydrogen (secondary N) is 1. The highest BCUT2D eigenvalue weighted by Gasteiger charge is 2.25. The van der Waals surface area contributed by atoms with Gasteiger partial charge in [-0.15, -0.1) is 0 Å². The van der Waals surface area contributed by atoms with Crippen LogP contribution in [0.4, 0.5) is 5.69 Å². The van der Waals surface area contributed by atoms with Crippen LogP contribution in [0.25, 0.3) is 0 Å². The van der Waals surface area contributed by atoms with Gasteiger partial charge in [0.2, 0.25) is 0 Å². The van der Waals surface area contributed by atoms with Crippen molar-refractivity contribution in [2.75, 3.05) is 17.2 Å². The Bertz CT molecular complexity index is 567. The van der Waals surface area contributed by atoms with E-state index in [0.29, 0.717) is 29.1 Å². The van der Waals surface area contributed by atoms with Gasteiger partial charge < -0.3 is 11.1 Å². The highest BCUT2D eigenvalue weighted by atomic mass is 35.5. The Hall–Kier alpha value is -1.27. The van der Waals surface area contributed by atoms with E-state index < -0.39 is 9.84 Å². The van der Waals surface area contributed by atoms with Gasteiger partial charge >= 0.3 is 0 Å². The number of hydrogen-bond acceptors (Lipinski definition) is 4. The molecule has 0 unspecified atom stereocenters. The van der Waals surface area contributed by atoms with Gasteiger partial charge in [-0.3, -0.25) is 4.79 Å². The molecule has 1 aromatic rings. The van der Waals surface area contributed by atoms with E-state index in [1.807, 2.05) is 0 Å². The van der Waals surface area contributed by atoms with Crippen molar-refractivity contribution >= 4 is 33.0 Å². The van der Waals surface area contributed by atoms with E-state index in [1.54, 1.807) is 12.1 Å². The van der Waals surface area contributed by atoms with Gasteiger partial charge in [0.25, 0.3) is 5.91 Å². The first kappa shape index (κ1) is 14.1. The Morgan fingerprint density at radius 3 is 2.47 bits per heavy atom. The van der Waals surface area contributed by atoms with E-state index in [-0.39, 0.29) is 23.5 Å². The lowest BCUT2D eigenvalue weighted by molar-refractivity contribution is 0.0934. The molecule has 0 atom stereocenters. The molecule has 1 fully saturated rings. The molecule has 1 aliphatic heterocycles. The molecule has 1 amide bonds. The zero-order chi connectivity index (χ0) is 14.0. The normalized spacial score (nSPS) is 19.0. The Kier molecular flexibility index (Phi) is 4.01. The average molecular weight is 303 g/mol. The second kappa shape index (κ2) is 5.38. The summed E-state index contributed by atoms with van der Waals surface area (Å²) >= 11 is 5.84. The smallest absolute Gasteiger partial charge is 0.251 e. The Balaban J connectivity index is 2.02. The molecule has 1 aromatic carbocycles. The standard InChI is InChI=1S/C12H15ClN2O3S/c13-9-5-8(6-10(14)7-9)12(16)15-11-1-3-19(17,18)4-2-11/h5-7,11H,1-4,14H2,(H,15,16). The molecular formula is C12H15ClN2O3S. The number of amides is 1. The average Bonchev–Trinajstić information content (AvgIpc) is 2.30. The lowest BCUT2D eigenvalue weighted by Gasteiger charge is -2.23. The minimum atomic E-state index is -2.92. The summed E-state index contributed by atoms with van der Waals surface area (Å²) in [6.07, 6.45) is 0.897. The fourth-order valence-electron chi connectivity index (χ4n) is 2.05. The van der Waals surface area contributed by atoms with Crippen LogP contribution in [-0.4, -0.2) is 31.9 Å². The largest absolute Gasteiger partial charge is 0.399 e. The Labute approximate surface area is 117 Å². The molecule has 0 saturated carbocycles. The number of benzene rings is 1. The maximum Gasteiger partial charge on any atom is 0.251 e. The van der Waals surface area contributed by atoms with Crippen LogP contribution in [0.2, 0.25) is 5.02 Å². The zero-order valence-electron chi connectivity index (χ0n) is 10.2. The summed E-state index contributed by atoms with van der Waals surface area (Å²) in [5.74, 6) is -0.0378. The molecule has 5 nitrogen and oxygen atoms in total. The summed E-state index contributed by atoms with van der Waals surface area (Å²) in [4.78, 5) is 12.0. The van der Waals surface area contributed by atoms with Crippen molar-refractivity contribution < 1.29 is 13.2 Å². The highest BCUT2D eigenvalue weighted by Crippen LogP contribution is 2.18. The van der Waals surface area contributed by atoms with Gasteiger partial charge in [-0.1, -0.05) is 11.6 Å². The monoisotopic (exact) mass is 302 g/mol. The van der Waals surface area contributed by atoms with E-state index in [9.17, 15) is 13.2 Å². The third kappa shape index (κ3) is 3.84. The molecule has 0 radical (unpaired) electrons. The number of anilines is 1. The number of hydrogen-bond donors (Lipinski definition) is 2. The Morgan fingerprint density at radius 2 is 1.89 bits per heavy atom. The number of sulfone groups is 1. The summed E-state index contributed by atoms with van der Waals surface area (Å²) < 4.78 is 22.6. The third-order valence-corrected chi connectivity index (χ3v) is 5.01. The molecule has 1 heterocycles. The molecule has 0 aromatic heterocycles. The quantitative estimate of drug-likeness (QED) is 0.804. The van der Waals surface area contributed by atoms with Crippen LogP contribution in [0.5, 0.6) is 0 Å². The van der Waals surface area contributed by atoms with Crippen molar-refractivity contribution in [3.05, 3.63) is 28.8 Å². The van der Waals surface area contributed by atoms with E-state index in [0.717, 1.165) is 0 Å². The van der Waals surface area contributed by atoms with Gasteiger partial charge in [-0.25, -0.2) is 8.42 Å². The summed E-state index contributed by atoms with van der Waals surface area (Å²) in [6.45, 7) is 0. The number of carbonyl (C=O) groups excluding carboxylic acids is 1. The van der Waals surface area contributed by atoms with E-state index in [2.05, 4.69) is 5.32 Å². The molecule has 0 bridgehead atoms. The minimum Gasteiger partial charge on any atom is -0.399 e. The fourth-order valence-corrected chi connectivity index (χ4v) is 3.78. The van der Waals surface area contributed by atoms with Crippen LogP contribution in [-0.2, 0) is 9.84 Å². The van der Waals surface area contributed by atoms with Crippen LogP contribution in [0, 0.1) is 0 Å². The fraction of sp³-hybridized carbons (Fsp3) is 0.417. The molecular weight excluding hydrogens is 288 g/mol. The van der Waals surface area contributed by atoms with Crippen molar-refractivity contribution in [2.24, 2.45) is 0 Å². The first-order chi connectivity index (χ1) is 8.85. The molecule has 3 N–H and O–H groups in total. The molecule has 19 heavy (non-hydrogen) atoms. The van der Waals surface area contributed by atoms with Crippen molar-refractivity contribution in [1.29, 1.82) is 0 Å². The van der Waals surface area contributed by atoms with E-state index in [4.69, 9.17) is 17.3 Å². The molecule has 0 spiro atoms. The van der Waals surface area contributed by atoms with Crippen LogP contribution >= 0.6 is 11.6 Å².